The maximum Gasteiger partial charge on any atom is 0.337 e. The Morgan fingerprint density at radius 3 is 2.59 bits per heavy atom. The van der Waals surface area contributed by atoms with Crippen molar-refractivity contribution in [2.45, 2.75) is 31.5 Å². The quantitative estimate of drug-likeness (QED) is 0.278. The van der Waals surface area contributed by atoms with E-state index in [4.69, 9.17) is 10.1 Å². The SMILES string of the molecule is COC(=O)c1ccc(CN2CCC(O)(Cn3cnc(Nc4ccc(F)cc4)c(C=N)c3=O)CC2)c(Br)c1. The molecule has 0 saturated carbocycles. The van der Waals surface area contributed by atoms with E-state index in [1.165, 1.54) is 42.3 Å². The van der Waals surface area contributed by atoms with Crippen LogP contribution in [0.5, 0.6) is 0 Å². The number of ether oxygens (including phenoxy) is 1. The highest BCUT2D eigenvalue weighted by Gasteiger charge is 2.33. The van der Waals surface area contributed by atoms with Gasteiger partial charge in [-0.15, -0.1) is 0 Å². The topological polar surface area (TPSA) is 121 Å². The number of anilines is 2. The number of piperidine rings is 1. The zero-order valence-corrected chi connectivity index (χ0v) is 21.8. The number of esters is 1. The molecule has 1 aliphatic heterocycles. The first-order valence-corrected chi connectivity index (χ1v) is 12.4. The number of likely N-dealkylation sites (tertiary alicyclic amines) is 1. The zero-order valence-electron chi connectivity index (χ0n) is 20.2. The Hall–Kier alpha value is -3.41. The Bertz CT molecular complexity index is 1350. The van der Waals surface area contributed by atoms with Crippen LogP contribution in [0.4, 0.5) is 15.9 Å². The highest BCUT2D eigenvalue weighted by molar-refractivity contribution is 9.10. The van der Waals surface area contributed by atoms with Crippen LogP contribution in [0.25, 0.3) is 0 Å². The van der Waals surface area contributed by atoms with Crippen molar-refractivity contribution in [2.24, 2.45) is 0 Å². The standard InChI is InChI=1S/C26H27BrFN5O4/c1-37-25(35)17-2-3-18(22(27)12-17)14-32-10-8-26(36,9-11-32)15-33-16-30-23(21(13-29)24(33)34)31-20-6-4-19(28)5-7-20/h2-7,12-13,16,29,31,36H,8-11,14-15H2,1H3. The summed E-state index contributed by atoms with van der Waals surface area (Å²) in [7, 11) is 1.34. The van der Waals surface area contributed by atoms with E-state index in [0.29, 0.717) is 43.7 Å². The summed E-state index contributed by atoms with van der Waals surface area (Å²) >= 11 is 3.52. The molecule has 3 aromatic rings. The van der Waals surface area contributed by atoms with Crippen molar-refractivity contribution >= 4 is 39.6 Å². The van der Waals surface area contributed by atoms with E-state index >= 15 is 0 Å². The van der Waals surface area contributed by atoms with Crippen LogP contribution in [-0.4, -0.2) is 57.5 Å². The van der Waals surface area contributed by atoms with Gasteiger partial charge in [-0.2, -0.15) is 0 Å². The van der Waals surface area contributed by atoms with E-state index in [1.807, 2.05) is 6.07 Å². The highest BCUT2D eigenvalue weighted by Crippen LogP contribution is 2.27. The third-order valence-corrected chi connectivity index (χ3v) is 7.18. The lowest BCUT2D eigenvalue weighted by Gasteiger charge is -2.38. The molecule has 2 aromatic carbocycles. The number of hydrogen-bond donors (Lipinski definition) is 3. The van der Waals surface area contributed by atoms with Crippen LogP contribution in [0, 0.1) is 11.2 Å². The van der Waals surface area contributed by atoms with Gasteiger partial charge in [0.15, 0.2) is 0 Å². The molecule has 0 radical (unpaired) electrons. The van der Waals surface area contributed by atoms with Gasteiger partial charge in [0, 0.05) is 36.0 Å². The second-order valence-corrected chi connectivity index (χ2v) is 9.87. The van der Waals surface area contributed by atoms with E-state index in [1.54, 1.807) is 12.1 Å². The monoisotopic (exact) mass is 571 g/mol. The van der Waals surface area contributed by atoms with E-state index in [9.17, 15) is 19.1 Å². The lowest BCUT2D eigenvalue weighted by atomic mass is 9.91. The van der Waals surface area contributed by atoms with Crippen LogP contribution >= 0.6 is 15.9 Å². The molecule has 1 aromatic heterocycles. The fourth-order valence-corrected chi connectivity index (χ4v) is 4.79. The average Bonchev–Trinajstić information content (AvgIpc) is 2.89. The molecule has 0 atom stereocenters. The Labute approximate surface area is 221 Å². The minimum absolute atomic E-state index is 0.0492. The lowest BCUT2D eigenvalue weighted by Crippen LogP contribution is -2.48. The molecule has 0 unspecified atom stereocenters. The Kier molecular flexibility index (Phi) is 8.16. The van der Waals surface area contributed by atoms with Crippen molar-refractivity contribution in [1.29, 1.82) is 5.41 Å². The largest absolute Gasteiger partial charge is 0.465 e. The number of methoxy groups -OCH3 is 1. The van der Waals surface area contributed by atoms with Crippen LogP contribution in [0.1, 0.15) is 34.3 Å². The number of rotatable bonds is 8. The zero-order chi connectivity index (χ0) is 26.6. The van der Waals surface area contributed by atoms with Gasteiger partial charge in [-0.25, -0.2) is 14.2 Å². The van der Waals surface area contributed by atoms with Gasteiger partial charge < -0.3 is 20.6 Å². The number of carbonyl (C=O) groups is 1. The average molecular weight is 572 g/mol. The summed E-state index contributed by atoms with van der Waals surface area (Å²) in [5.74, 6) is -0.594. The number of nitrogens with zero attached hydrogens (tertiary/aromatic N) is 3. The maximum absolute atomic E-state index is 13.2. The van der Waals surface area contributed by atoms with E-state index in [2.05, 4.69) is 31.1 Å². The number of aromatic nitrogens is 2. The molecule has 0 aliphatic carbocycles. The molecule has 194 valence electrons. The minimum atomic E-state index is -1.10. The first-order chi connectivity index (χ1) is 17.7. The summed E-state index contributed by atoms with van der Waals surface area (Å²) in [6.07, 6.45) is 3.18. The van der Waals surface area contributed by atoms with Crippen LogP contribution in [-0.2, 0) is 17.8 Å². The molecule has 2 heterocycles. The third-order valence-electron chi connectivity index (χ3n) is 6.44. The van der Waals surface area contributed by atoms with E-state index in [-0.39, 0.29) is 23.7 Å². The Morgan fingerprint density at radius 1 is 1.27 bits per heavy atom. The predicted molar refractivity (Wildman–Crippen MR) is 141 cm³/mol. The van der Waals surface area contributed by atoms with Gasteiger partial charge >= 0.3 is 5.97 Å². The molecular weight excluding hydrogens is 545 g/mol. The van der Waals surface area contributed by atoms with Gasteiger partial charge in [-0.3, -0.25) is 14.3 Å². The molecule has 37 heavy (non-hydrogen) atoms. The summed E-state index contributed by atoms with van der Waals surface area (Å²) in [4.78, 5) is 31.2. The van der Waals surface area contributed by atoms with Gasteiger partial charge in [0.2, 0.25) is 0 Å². The molecule has 11 heteroatoms. The second kappa shape index (κ2) is 11.3. The molecule has 0 bridgehead atoms. The van der Waals surface area contributed by atoms with Gasteiger partial charge in [0.25, 0.3) is 5.56 Å². The summed E-state index contributed by atoms with van der Waals surface area (Å²) in [6.45, 7) is 1.93. The van der Waals surface area contributed by atoms with Crippen LogP contribution in [0.3, 0.4) is 0 Å². The van der Waals surface area contributed by atoms with Crippen molar-refractivity contribution in [2.75, 3.05) is 25.5 Å². The highest BCUT2D eigenvalue weighted by atomic mass is 79.9. The van der Waals surface area contributed by atoms with Gasteiger partial charge in [-0.05, 0) is 54.8 Å². The summed E-state index contributed by atoms with van der Waals surface area (Å²) in [6, 6.07) is 10.9. The van der Waals surface area contributed by atoms with Crippen molar-refractivity contribution < 1.29 is 19.0 Å². The van der Waals surface area contributed by atoms with Crippen LogP contribution in [0.2, 0.25) is 0 Å². The fourth-order valence-electron chi connectivity index (χ4n) is 4.28. The van der Waals surface area contributed by atoms with Crippen molar-refractivity contribution in [3.8, 4) is 0 Å². The third kappa shape index (κ3) is 6.30. The molecule has 9 nitrogen and oxygen atoms in total. The number of aliphatic hydroxyl groups is 1. The predicted octanol–water partition coefficient (Wildman–Crippen LogP) is 3.70. The summed E-state index contributed by atoms with van der Waals surface area (Å²) in [5, 5.41) is 21.9. The molecule has 1 saturated heterocycles. The normalized spacial score (nSPS) is 15.2. The second-order valence-electron chi connectivity index (χ2n) is 9.01. The fraction of sp³-hybridized carbons (Fsp3) is 0.308. The molecule has 0 spiro atoms. The summed E-state index contributed by atoms with van der Waals surface area (Å²) in [5.41, 5.74) is 0.519. The molecule has 1 aliphatic rings. The number of benzene rings is 2. The van der Waals surface area contributed by atoms with E-state index < -0.39 is 17.1 Å². The molecule has 1 fully saturated rings. The molecule has 0 amide bonds. The molecular formula is C26H27BrFN5O4. The Balaban J connectivity index is 1.41. The first kappa shape index (κ1) is 26.6. The smallest absolute Gasteiger partial charge is 0.337 e. The van der Waals surface area contributed by atoms with Crippen molar-refractivity contribution in [3.05, 3.63) is 86.1 Å². The van der Waals surface area contributed by atoms with Gasteiger partial charge in [0.05, 0.1) is 31.1 Å². The maximum atomic E-state index is 13.2. The number of nitrogens with one attached hydrogen (secondary N) is 2. The number of halogens is 2. The van der Waals surface area contributed by atoms with Crippen LogP contribution in [0.15, 0.2) is 58.1 Å². The minimum Gasteiger partial charge on any atom is -0.465 e. The van der Waals surface area contributed by atoms with Crippen molar-refractivity contribution in [1.82, 2.24) is 14.5 Å². The van der Waals surface area contributed by atoms with Crippen LogP contribution < -0.4 is 10.9 Å². The van der Waals surface area contributed by atoms with Gasteiger partial charge in [0.1, 0.15) is 17.2 Å². The number of hydrogen-bond acceptors (Lipinski definition) is 8. The van der Waals surface area contributed by atoms with Gasteiger partial charge in [-0.1, -0.05) is 22.0 Å². The first-order valence-electron chi connectivity index (χ1n) is 11.7. The summed E-state index contributed by atoms with van der Waals surface area (Å²) < 4.78 is 20.1. The van der Waals surface area contributed by atoms with E-state index in [0.717, 1.165) is 16.3 Å². The lowest BCUT2D eigenvalue weighted by molar-refractivity contribution is -0.0366. The van der Waals surface area contributed by atoms with Crippen molar-refractivity contribution in [3.63, 3.8) is 0 Å². The molecule has 3 N–H and O–H groups in total. The Morgan fingerprint density at radius 2 is 1.97 bits per heavy atom. The molecule has 4 rings (SSSR count). The number of carbonyl (C=O) groups excluding carboxylic acids is 1.